The Morgan fingerprint density at radius 1 is 1.21 bits per heavy atom. The molecule has 0 radical (unpaired) electrons. The summed E-state index contributed by atoms with van der Waals surface area (Å²) in [6.07, 6.45) is 1.53. The van der Waals surface area contributed by atoms with E-state index in [9.17, 15) is 13.6 Å². The summed E-state index contributed by atoms with van der Waals surface area (Å²) in [7, 11) is 2.86. The third-order valence-electron chi connectivity index (χ3n) is 4.14. The van der Waals surface area contributed by atoms with Crippen LogP contribution in [0, 0.1) is 18.7 Å². The number of nitrogens with zero attached hydrogens (tertiary/aromatic N) is 3. The molecule has 28 heavy (non-hydrogen) atoms. The predicted molar refractivity (Wildman–Crippen MR) is 102 cm³/mol. The molecule has 2 aromatic carbocycles. The number of anilines is 1. The van der Waals surface area contributed by atoms with E-state index in [4.69, 9.17) is 0 Å². The monoisotopic (exact) mass is 384 g/mol. The molecule has 144 valence electrons. The number of oxime groups is 1. The van der Waals surface area contributed by atoms with Crippen molar-refractivity contribution in [1.29, 1.82) is 0 Å². The van der Waals surface area contributed by atoms with Crippen LogP contribution in [0.1, 0.15) is 21.6 Å². The van der Waals surface area contributed by atoms with Crippen LogP contribution in [0.3, 0.4) is 0 Å². The van der Waals surface area contributed by atoms with Gasteiger partial charge in [-0.25, -0.2) is 9.07 Å². The van der Waals surface area contributed by atoms with Crippen molar-refractivity contribution in [3.05, 3.63) is 71.1 Å². The van der Waals surface area contributed by atoms with Crippen molar-refractivity contribution in [3.8, 4) is 11.1 Å². The fourth-order valence-corrected chi connectivity index (χ4v) is 2.80. The molecule has 1 aromatic heterocycles. The molecule has 0 aliphatic heterocycles. The number of carbonyl (C=O) groups is 1. The normalized spacial score (nSPS) is 11.0. The lowest BCUT2D eigenvalue weighted by Gasteiger charge is -2.12. The van der Waals surface area contributed by atoms with E-state index in [-0.39, 0.29) is 11.3 Å². The third-order valence-corrected chi connectivity index (χ3v) is 4.14. The van der Waals surface area contributed by atoms with Gasteiger partial charge in [0.2, 0.25) is 5.95 Å². The van der Waals surface area contributed by atoms with Gasteiger partial charge in [-0.05, 0) is 36.2 Å². The molecular weight excluding hydrogens is 366 g/mol. The minimum atomic E-state index is -0.736. The average Bonchev–Trinajstić information content (AvgIpc) is 2.93. The van der Waals surface area contributed by atoms with Crippen LogP contribution in [0.4, 0.5) is 14.5 Å². The molecule has 0 aliphatic rings. The SMILES string of the molecule is CO/N=C/c1ccc(-c2cc(F)ccc2NC(=O)c2c(C)nn(C)c2F)cc1. The lowest BCUT2D eigenvalue weighted by Crippen LogP contribution is -2.15. The highest BCUT2D eigenvalue weighted by molar-refractivity contribution is 6.07. The minimum absolute atomic E-state index is 0.149. The van der Waals surface area contributed by atoms with Gasteiger partial charge >= 0.3 is 0 Å². The Balaban J connectivity index is 1.95. The molecular formula is C20H18F2N4O2. The standard InChI is InChI=1S/C20H18F2N4O2/c1-12-18(19(22)26(2)25-12)20(27)24-17-9-8-15(21)10-16(17)14-6-4-13(5-7-14)11-23-28-3/h4-11H,1-3H3,(H,24,27)/b23-11+. The van der Waals surface area contributed by atoms with Crippen LogP contribution >= 0.6 is 0 Å². The van der Waals surface area contributed by atoms with Gasteiger partial charge in [-0.3, -0.25) is 4.79 Å². The van der Waals surface area contributed by atoms with Gasteiger partial charge in [-0.2, -0.15) is 9.49 Å². The van der Waals surface area contributed by atoms with E-state index in [2.05, 4.69) is 20.4 Å². The summed E-state index contributed by atoms with van der Waals surface area (Å²) < 4.78 is 29.0. The van der Waals surface area contributed by atoms with Crippen molar-refractivity contribution in [2.24, 2.45) is 12.2 Å². The Morgan fingerprint density at radius 2 is 1.93 bits per heavy atom. The second-order valence-corrected chi connectivity index (χ2v) is 6.06. The lowest BCUT2D eigenvalue weighted by molar-refractivity contribution is 0.102. The molecule has 0 aliphatic carbocycles. The topological polar surface area (TPSA) is 68.5 Å². The number of nitrogens with one attached hydrogen (secondary N) is 1. The fraction of sp³-hybridized carbons (Fsp3) is 0.150. The lowest BCUT2D eigenvalue weighted by atomic mass is 10.0. The van der Waals surface area contributed by atoms with Gasteiger partial charge in [0.1, 0.15) is 18.5 Å². The van der Waals surface area contributed by atoms with Crippen LogP contribution < -0.4 is 5.32 Å². The highest BCUT2D eigenvalue weighted by atomic mass is 19.1. The summed E-state index contributed by atoms with van der Waals surface area (Å²) in [5.41, 5.74) is 2.40. The van der Waals surface area contributed by atoms with E-state index in [1.54, 1.807) is 31.2 Å². The third kappa shape index (κ3) is 3.90. The molecule has 0 fully saturated rings. The highest BCUT2D eigenvalue weighted by Crippen LogP contribution is 2.30. The fourth-order valence-electron chi connectivity index (χ4n) is 2.80. The van der Waals surface area contributed by atoms with Crippen LogP contribution in [0.2, 0.25) is 0 Å². The number of aromatic nitrogens is 2. The van der Waals surface area contributed by atoms with E-state index in [1.807, 2.05) is 0 Å². The average molecular weight is 384 g/mol. The van der Waals surface area contributed by atoms with Crippen molar-refractivity contribution in [1.82, 2.24) is 9.78 Å². The molecule has 8 heteroatoms. The van der Waals surface area contributed by atoms with Crippen LogP contribution in [0.25, 0.3) is 11.1 Å². The van der Waals surface area contributed by atoms with Gasteiger partial charge < -0.3 is 10.2 Å². The van der Waals surface area contributed by atoms with E-state index in [0.717, 1.165) is 10.2 Å². The Kier molecular flexibility index (Phi) is 5.49. The van der Waals surface area contributed by atoms with Gasteiger partial charge in [-0.15, -0.1) is 0 Å². The molecule has 1 N–H and O–H groups in total. The van der Waals surface area contributed by atoms with Crippen molar-refractivity contribution in [2.45, 2.75) is 6.92 Å². The van der Waals surface area contributed by atoms with Crippen molar-refractivity contribution >= 4 is 17.8 Å². The molecule has 0 unspecified atom stereocenters. The summed E-state index contributed by atoms with van der Waals surface area (Å²) in [5.74, 6) is -1.85. The zero-order chi connectivity index (χ0) is 20.3. The van der Waals surface area contributed by atoms with Gasteiger partial charge in [0.25, 0.3) is 5.91 Å². The summed E-state index contributed by atoms with van der Waals surface area (Å²) in [5, 5.41) is 10.2. The molecule has 1 heterocycles. The first kappa shape index (κ1) is 19.2. The number of rotatable bonds is 5. The number of carbonyl (C=O) groups excluding carboxylic acids is 1. The first-order chi connectivity index (χ1) is 13.4. The second kappa shape index (κ2) is 7.99. The van der Waals surface area contributed by atoms with Crippen LogP contribution in [-0.4, -0.2) is 29.0 Å². The number of hydrogen-bond acceptors (Lipinski definition) is 4. The molecule has 3 aromatic rings. The summed E-state index contributed by atoms with van der Waals surface area (Å²) in [6, 6.07) is 11.0. The highest BCUT2D eigenvalue weighted by Gasteiger charge is 2.21. The number of aryl methyl sites for hydroxylation is 2. The van der Waals surface area contributed by atoms with E-state index >= 15 is 0 Å². The molecule has 3 rings (SSSR count). The number of hydrogen-bond donors (Lipinski definition) is 1. The molecule has 6 nitrogen and oxygen atoms in total. The molecule has 0 spiro atoms. The number of halogens is 2. The Morgan fingerprint density at radius 3 is 2.54 bits per heavy atom. The van der Waals surface area contributed by atoms with Crippen molar-refractivity contribution < 1.29 is 18.4 Å². The maximum Gasteiger partial charge on any atom is 0.262 e. The molecule has 0 atom stereocenters. The van der Waals surface area contributed by atoms with Crippen molar-refractivity contribution in [2.75, 3.05) is 12.4 Å². The Hall–Kier alpha value is -3.55. The van der Waals surface area contributed by atoms with E-state index < -0.39 is 17.7 Å². The first-order valence-corrected chi connectivity index (χ1v) is 8.37. The Labute approximate surface area is 160 Å². The summed E-state index contributed by atoms with van der Waals surface area (Å²) in [4.78, 5) is 17.2. The zero-order valence-electron chi connectivity index (χ0n) is 15.5. The summed E-state index contributed by atoms with van der Waals surface area (Å²) >= 11 is 0. The van der Waals surface area contributed by atoms with Gasteiger partial charge in [0, 0.05) is 18.3 Å². The number of amides is 1. The quantitative estimate of drug-likeness (QED) is 0.536. The number of benzene rings is 2. The van der Waals surface area contributed by atoms with Gasteiger partial charge in [-0.1, -0.05) is 29.4 Å². The molecule has 0 bridgehead atoms. The van der Waals surface area contributed by atoms with Crippen LogP contribution in [-0.2, 0) is 11.9 Å². The zero-order valence-corrected chi connectivity index (χ0v) is 15.5. The second-order valence-electron chi connectivity index (χ2n) is 6.06. The van der Waals surface area contributed by atoms with Gasteiger partial charge in [0.05, 0.1) is 11.9 Å². The summed E-state index contributed by atoms with van der Waals surface area (Å²) in [6.45, 7) is 1.55. The predicted octanol–water partition coefficient (Wildman–Crippen LogP) is 3.91. The molecule has 0 saturated heterocycles. The van der Waals surface area contributed by atoms with Crippen LogP contribution in [0.5, 0.6) is 0 Å². The minimum Gasteiger partial charge on any atom is -0.399 e. The largest absolute Gasteiger partial charge is 0.399 e. The van der Waals surface area contributed by atoms with E-state index in [0.29, 0.717) is 16.8 Å². The van der Waals surface area contributed by atoms with Gasteiger partial charge in [0.15, 0.2) is 0 Å². The molecule has 1 amide bonds. The smallest absolute Gasteiger partial charge is 0.262 e. The maximum atomic E-state index is 14.2. The van der Waals surface area contributed by atoms with Crippen molar-refractivity contribution in [3.63, 3.8) is 0 Å². The maximum absolute atomic E-state index is 14.2. The van der Waals surface area contributed by atoms with E-state index in [1.165, 1.54) is 38.6 Å². The first-order valence-electron chi connectivity index (χ1n) is 8.37. The Bertz CT molecular complexity index is 1040. The van der Waals surface area contributed by atoms with Crippen LogP contribution in [0.15, 0.2) is 47.6 Å². The molecule has 0 saturated carbocycles.